The van der Waals surface area contributed by atoms with Gasteiger partial charge < -0.3 is 10.0 Å². The van der Waals surface area contributed by atoms with Gasteiger partial charge in [0.1, 0.15) is 0 Å². The molecule has 0 fully saturated rings. The minimum absolute atomic E-state index is 0.00439. The van der Waals surface area contributed by atoms with Crippen molar-refractivity contribution in [2.75, 3.05) is 25.2 Å². The molecule has 0 heterocycles. The molecule has 1 N–H and O–H groups in total. The van der Waals surface area contributed by atoms with Crippen LogP contribution in [0.25, 0.3) is 0 Å². The molecule has 0 saturated heterocycles. The predicted octanol–water partition coefficient (Wildman–Crippen LogP) is 2.01. The van der Waals surface area contributed by atoms with E-state index in [2.05, 4.69) is 0 Å². The Hall–Kier alpha value is -1.00. The van der Waals surface area contributed by atoms with Gasteiger partial charge >= 0.3 is 0 Å². The zero-order valence-corrected chi connectivity index (χ0v) is 11.8. The first kappa shape index (κ1) is 15.1. The highest BCUT2D eigenvalue weighted by Gasteiger charge is 2.19. The second-order valence-electron chi connectivity index (χ2n) is 4.33. The summed E-state index contributed by atoms with van der Waals surface area (Å²) >= 11 is 1.67. The van der Waals surface area contributed by atoms with Crippen LogP contribution in [0.5, 0.6) is 0 Å². The first-order chi connectivity index (χ1) is 8.69. The predicted molar refractivity (Wildman–Crippen MR) is 76.5 cm³/mol. The van der Waals surface area contributed by atoms with Crippen molar-refractivity contribution in [1.29, 1.82) is 0 Å². The van der Waals surface area contributed by atoms with Crippen LogP contribution in [0.3, 0.4) is 0 Å². The molecule has 1 amide bonds. The van der Waals surface area contributed by atoms with E-state index in [0.29, 0.717) is 13.1 Å². The maximum atomic E-state index is 12.2. The highest BCUT2D eigenvalue weighted by molar-refractivity contribution is 7.98. The Morgan fingerprint density at radius 3 is 2.61 bits per heavy atom. The van der Waals surface area contributed by atoms with E-state index in [1.54, 1.807) is 16.7 Å². The number of carbonyl (C=O) groups is 1. The molecule has 0 aliphatic heterocycles. The molecule has 0 aliphatic rings. The molecule has 1 atom stereocenters. The largest absolute Gasteiger partial charge is 0.395 e. The van der Waals surface area contributed by atoms with Crippen molar-refractivity contribution >= 4 is 17.7 Å². The molecule has 3 nitrogen and oxygen atoms in total. The number of hydrogen-bond acceptors (Lipinski definition) is 3. The molecule has 0 unspecified atom stereocenters. The fourth-order valence-electron chi connectivity index (χ4n) is 1.82. The van der Waals surface area contributed by atoms with Gasteiger partial charge in [-0.25, -0.2) is 0 Å². The number of aliphatic hydroxyl groups is 1. The van der Waals surface area contributed by atoms with E-state index in [1.165, 1.54) is 0 Å². The van der Waals surface area contributed by atoms with Gasteiger partial charge in [0.2, 0.25) is 5.91 Å². The topological polar surface area (TPSA) is 40.5 Å². The Labute approximate surface area is 113 Å². The maximum Gasteiger partial charge on any atom is 0.226 e. The number of amides is 1. The smallest absolute Gasteiger partial charge is 0.226 e. The first-order valence-electron chi connectivity index (χ1n) is 6.11. The zero-order valence-electron chi connectivity index (χ0n) is 11.0. The molecule has 1 aromatic rings. The van der Waals surface area contributed by atoms with Crippen LogP contribution in [0.15, 0.2) is 30.3 Å². The van der Waals surface area contributed by atoms with E-state index in [0.717, 1.165) is 11.3 Å². The molecule has 100 valence electrons. The van der Waals surface area contributed by atoms with Crippen molar-refractivity contribution in [3.8, 4) is 0 Å². The van der Waals surface area contributed by atoms with Crippen molar-refractivity contribution in [2.24, 2.45) is 5.92 Å². The maximum absolute atomic E-state index is 12.2. The average molecular weight is 267 g/mol. The number of rotatable bonds is 7. The normalized spacial score (nSPS) is 12.2. The molecule has 0 aliphatic carbocycles. The Morgan fingerprint density at radius 2 is 2.06 bits per heavy atom. The molecule has 0 spiro atoms. The van der Waals surface area contributed by atoms with Crippen LogP contribution >= 0.6 is 11.8 Å². The fourth-order valence-corrected chi connectivity index (χ4v) is 2.47. The summed E-state index contributed by atoms with van der Waals surface area (Å²) < 4.78 is 0. The van der Waals surface area contributed by atoms with Crippen molar-refractivity contribution in [1.82, 2.24) is 4.90 Å². The number of hydrogen-bond donors (Lipinski definition) is 1. The van der Waals surface area contributed by atoms with Crippen LogP contribution in [0, 0.1) is 5.92 Å². The number of nitrogens with zero attached hydrogens (tertiary/aromatic N) is 1. The SMILES string of the molecule is CSC[C@H](C)C(=O)N(CCO)Cc1ccccc1. The molecular formula is C14H21NO2S. The molecule has 0 bridgehead atoms. The lowest BCUT2D eigenvalue weighted by Gasteiger charge is -2.25. The molecule has 1 aromatic carbocycles. The third-order valence-electron chi connectivity index (χ3n) is 2.74. The van der Waals surface area contributed by atoms with Crippen molar-refractivity contribution in [3.63, 3.8) is 0 Å². The van der Waals surface area contributed by atoms with Crippen molar-refractivity contribution in [3.05, 3.63) is 35.9 Å². The van der Waals surface area contributed by atoms with E-state index < -0.39 is 0 Å². The van der Waals surface area contributed by atoms with Crippen LogP contribution < -0.4 is 0 Å². The molecule has 0 radical (unpaired) electrons. The summed E-state index contributed by atoms with van der Waals surface area (Å²) in [7, 11) is 0. The lowest BCUT2D eigenvalue weighted by atomic mass is 10.1. The zero-order chi connectivity index (χ0) is 13.4. The first-order valence-corrected chi connectivity index (χ1v) is 7.51. The second kappa shape index (κ2) is 8.16. The van der Waals surface area contributed by atoms with Gasteiger partial charge in [0.05, 0.1) is 6.61 Å². The van der Waals surface area contributed by atoms with Gasteiger partial charge in [-0.3, -0.25) is 4.79 Å². The number of benzene rings is 1. The molecule has 0 saturated carbocycles. The van der Waals surface area contributed by atoms with Crippen molar-refractivity contribution < 1.29 is 9.90 Å². The van der Waals surface area contributed by atoms with Gasteiger partial charge in [-0.1, -0.05) is 37.3 Å². The lowest BCUT2D eigenvalue weighted by Crippen LogP contribution is -2.37. The highest BCUT2D eigenvalue weighted by Crippen LogP contribution is 2.12. The lowest BCUT2D eigenvalue weighted by molar-refractivity contribution is -0.135. The van der Waals surface area contributed by atoms with Crippen molar-refractivity contribution in [2.45, 2.75) is 13.5 Å². The molecule has 1 rings (SSSR count). The Balaban J connectivity index is 2.67. The molecule has 18 heavy (non-hydrogen) atoms. The standard InChI is InChI=1S/C14H21NO2S/c1-12(11-18-2)14(17)15(8-9-16)10-13-6-4-3-5-7-13/h3-7,12,16H,8-11H2,1-2H3/t12-/m0/s1. The molecule has 4 heteroatoms. The Morgan fingerprint density at radius 1 is 1.39 bits per heavy atom. The third kappa shape index (κ3) is 4.70. The summed E-state index contributed by atoms with van der Waals surface area (Å²) in [5.41, 5.74) is 1.09. The summed E-state index contributed by atoms with van der Waals surface area (Å²) in [6.07, 6.45) is 2.00. The van der Waals surface area contributed by atoms with E-state index >= 15 is 0 Å². The van der Waals surface area contributed by atoms with Crippen LogP contribution in [-0.4, -0.2) is 41.1 Å². The molecular weight excluding hydrogens is 246 g/mol. The van der Waals surface area contributed by atoms with Crippen LogP contribution in [-0.2, 0) is 11.3 Å². The minimum Gasteiger partial charge on any atom is -0.395 e. The Kier molecular flexibility index (Phi) is 6.83. The van der Waals surface area contributed by atoms with Crippen LogP contribution in [0.1, 0.15) is 12.5 Å². The summed E-state index contributed by atoms with van der Waals surface area (Å²) in [5.74, 6) is 0.924. The number of thioether (sulfide) groups is 1. The van der Waals surface area contributed by atoms with E-state index in [9.17, 15) is 4.79 Å². The Bertz CT molecular complexity index is 356. The quantitative estimate of drug-likeness (QED) is 0.821. The summed E-state index contributed by atoms with van der Waals surface area (Å²) in [4.78, 5) is 14.0. The average Bonchev–Trinajstić information content (AvgIpc) is 2.39. The second-order valence-corrected chi connectivity index (χ2v) is 5.24. The molecule has 0 aromatic heterocycles. The number of carbonyl (C=O) groups excluding carboxylic acids is 1. The summed E-state index contributed by atoms with van der Waals surface area (Å²) in [5, 5.41) is 9.08. The van der Waals surface area contributed by atoms with E-state index in [1.807, 2.05) is 43.5 Å². The third-order valence-corrected chi connectivity index (χ3v) is 3.57. The minimum atomic E-state index is -0.00439. The van der Waals surface area contributed by atoms with E-state index in [4.69, 9.17) is 5.11 Å². The highest BCUT2D eigenvalue weighted by atomic mass is 32.2. The van der Waals surface area contributed by atoms with Gasteiger partial charge in [0.25, 0.3) is 0 Å². The summed E-state index contributed by atoms with van der Waals surface area (Å²) in [6.45, 7) is 2.91. The van der Waals surface area contributed by atoms with E-state index in [-0.39, 0.29) is 18.4 Å². The number of aliphatic hydroxyl groups excluding tert-OH is 1. The van der Waals surface area contributed by atoms with Crippen LogP contribution in [0.2, 0.25) is 0 Å². The van der Waals surface area contributed by atoms with Gasteiger partial charge in [0, 0.05) is 24.8 Å². The monoisotopic (exact) mass is 267 g/mol. The van der Waals surface area contributed by atoms with Gasteiger partial charge in [-0.15, -0.1) is 0 Å². The van der Waals surface area contributed by atoms with Crippen LogP contribution in [0.4, 0.5) is 0 Å². The van der Waals surface area contributed by atoms with Gasteiger partial charge in [-0.2, -0.15) is 11.8 Å². The fraction of sp³-hybridized carbons (Fsp3) is 0.500. The summed E-state index contributed by atoms with van der Waals surface area (Å²) in [6, 6.07) is 9.87. The van der Waals surface area contributed by atoms with Gasteiger partial charge in [0.15, 0.2) is 0 Å². The van der Waals surface area contributed by atoms with Gasteiger partial charge in [-0.05, 0) is 11.8 Å².